The molecule has 27 heavy (non-hydrogen) atoms. The summed E-state index contributed by atoms with van der Waals surface area (Å²) in [5.41, 5.74) is 0. The zero-order chi connectivity index (χ0) is 19.2. The molecule has 150 valence electrons. The third-order valence-corrected chi connectivity index (χ3v) is 5.78. The van der Waals surface area contributed by atoms with Gasteiger partial charge < -0.3 is 20.4 Å². The van der Waals surface area contributed by atoms with Crippen LogP contribution < -0.4 is 20.4 Å². The molecule has 0 aromatic carbocycles. The predicted octanol–water partition coefficient (Wildman–Crippen LogP) is 3.79. The first-order chi connectivity index (χ1) is 13.1. The lowest BCUT2D eigenvalue weighted by Crippen LogP contribution is -2.39. The third-order valence-electron chi connectivity index (χ3n) is 5.54. The zero-order valence-electron chi connectivity index (χ0n) is 17.0. The molecule has 2 atom stereocenters. The Labute approximate surface area is 169 Å². The lowest BCUT2D eigenvalue weighted by molar-refractivity contribution is 0.444. The van der Waals surface area contributed by atoms with Crippen LogP contribution in [-0.2, 0) is 0 Å². The molecular weight excluding hydrogens is 356 g/mol. The van der Waals surface area contributed by atoms with Gasteiger partial charge in [-0.1, -0.05) is 13.8 Å². The van der Waals surface area contributed by atoms with Crippen molar-refractivity contribution < 1.29 is 0 Å². The number of aromatic nitrogens is 2. The van der Waals surface area contributed by atoms with Gasteiger partial charge >= 0.3 is 0 Å². The van der Waals surface area contributed by atoms with E-state index in [9.17, 15) is 0 Å². The van der Waals surface area contributed by atoms with Crippen molar-refractivity contribution in [2.75, 3.05) is 41.3 Å². The predicted molar refractivity (Wildman–Crippen MR) is 118 cm³/mol. The van der Waals surface area contributed by atoms with Gasteiger partial charge in [0.25, 0.3) is 0 Å². The maximum atomic E-state index is 5.41. The zero-order valence-corrected chi connectivity index (χ0v) is 17.8. The molecule has 2 saturated heterocycles. The Hall–Kier alpha value is -1.63. The lowest BCUT2D eigenvalue weighted by atomic mass is 10.0. The van der Waals surface area contributed by atoms with Crippen molar-refractivity contribution in [3.8, 4) is 0 Å². The SMILES string of the molecule is CCCNC(=S)Nc1nc(N2CCCC(C)C2)cc(N2CCCCC2C)n1. The second kappa shape index (κ2) is 9.53. The molecule has 0 amide bonds. The molecular formula is C20H34N6S. The number of thiocarbonyl (C=S) groups is 1. The second-order valence-electron chi connectivity index (χ2n) is 8.02. The Kier molecular flexibility index (Phi) is 7.10. The summed E-state index contributed by atoms with van der Waals surface area (Å²) in [6.45, 7) is 10.8. The van der Waals surface area contributed by atoms with Gasteiger partial charge in [0.2, 0.25) is 5.95 Å². The first kappa shape index (κ1) is 20.1. The van der Waals surface area contributed by atoms with Crippen LogP contribution in [0.25, 0.3) is 0 Å². The van der Waals surface area contributed by atoms with Crippen molar-refractivity contribution in [1.82, 2.24) is 15.3 Å². The van der Waals surface area contributed by atoms with Gasteiger partial charge in [0, 0.05) is 38.3 Å². The van der Waals surface area contributed by atoms with Gasteiger partial charge in [0.05, 0.1) is 0 Å². The fraction of sp³-hybridized carbons (Fsp3) is 0.750. The summed E-state index contributed by atoms with van der Waals surface area (Å²) in [6.07, 6.45) is 7.30. The van der Waals surface area contributed by atoms with Crippen LogP contribution in [0.1, 0.15) is 59.3 Å². The van der Waals surface area contributed by atoms with Gasteiger partial charge in [0.15, 0.2) is 5.11 Å². The molecule has 3 rings (SSSR count). The summed E-state index contributed by atoms with van der Waals surface area (Å²) in [5.74, 6) is 3.35. The van der Waals surface area contributed by atoms with Crippen molar-refractivity contribution in [2.45, 2.75) is 65.3 Å². The fourth-order valence-electron chi connectivity index (χ4n) is 4.01. The molecule has 0 saturated carbocycles. The van der Waals surface area contributed by atoms with Crippen molar-refractivity contribution in [2.24, 2.45) is 5.92 Å². The van der Waals surface area contributed by atoms with Gasteiger partial charge in [0.1, 0.15) is 11.6 Å². The van der Waals surface area contributed by atoms with Gasteiger partial charge in [-0.15, -0.1) is 0 Å². The Morgan fingerprint density at radius 3 is 2.70 bits per heavy atom. The van der Waals surface area contributed by atoms with E-state index in [1.54, 1.807) is 0 Å². The van der Waals surface area contributed by atoms with Gasteiger partial charge in [-0.3, -0.25) is 0 Å². The lowest BCUT2D eigenvalue weighted by Gasteiger charge is -2.36. The minimum absolute atomic E-state index is 0.514. The average molecular weight is 391 g/mol. The van der Waals surface area contributed by atoms with Crippen LogP contribution in [-0.4, -0.2) is 47.3 Å². The molecule has 0 radical (unpaired) electrons. The highest BCUT2D eigenvalue weighted by molar-refractivity contribution is 7.80. The highest BCUT2D eigenvalue weighted by Gasteiger charge is 2.24. The van der Waals surface area contributed by atoms with E-state index in [0.717, 1.165) is 44.2 Å². The summed E-state index contributed by atoms with van der Waals surface area (Å²) in [4.78, 5) is 14.5. The number of hydrogen-bond donors (Lipinski definition) is 2. The molecule has 0 bridgehead atoms. The van der Waals surface area contributed by atoms with Gasteiger partial charge in [-0.2, -0.15) is 9.97 Å². The number of nitrogens with zero attached hydrogens (tertiary/aromatic N) is 4. The first-order valence-electron chi connectivity index (χ1n) is 10.5. The molecule has 3 heterocycles. The monoisotopic (exact) mass is 390 g/mol. The Bertz CT molecular complexity index is 637. The number of hydrogen-bond acceptors (Lipinski definition) is 5. The van der Waals surface area contributed by atoms with Crippen LogP contribution in [0.4, 0.5) is 17.6 Å². The smallest absolute Gasteiger partial charge is 0.232 e. The maximum Gasteiger partial charge on any atom is 0.232 e. The van der Waals surface area contributed by atoms with E-state index in [4.69, 9.17) is 22.2 Å². The minimum atomic E-state index is 0.514. The van der Waals surface area contributed by atoms with Gasteiger partial charge in [-0.05, 0) is 63.6 Å². The van der Waals surface area contributed by atoms with Crippen molar-refractivity contribution in [3.63, 3.8) is 0 Å². The molecule has 0 spiro atoms. The van der Waals surface area contributed by atoms with E-state index in [1.807, 2.05) is 0 Å². The number of nitrogens with one attached hydrogen (secondary N) is 2. The Balaban J connectivity index is 1.86. The topological polar surface area (TPSA) is 56.3 Å². The normalized spacial score (nSPS) is 23.2. The highest BCUT2D eigenvalue weighted by Crippen LogP contribution is 2.29. The first-order valence-corrected chi connectivity index (χ1v) is 10.9. The summed E-state index contributed by atoms with van der Waals surface area (Å²) in [5, 5.41) is 7.01. The molecule has 0 aliphatic carbocycles. The minimum Gasteiger partial charge on any atom is -0.362 e. The van der Waals surface area contributed by atoms with E-state index >= 15 is 0 Å². The average Bonchev–Trinajstić information content (AvgIpc) is 2.66. The van der Waals surface area contributed by atoms with E-state index in [2.05, 4.69) is 47.3 Å². The molecule has 2 unspecified atom stereocenters. The molecule has 7 heteroatoms. The maximum absolute atomic E-state index is 5.41. The molecule has 2 aliphatic rings. The third kappa shape index (κ3) is 5.43. The number of rotatable bonds is 5. The summed E-state index contributed by atoms with van der Waals surface area (Å²) < 4.78 is 0. The van der Waals surface area contributed by atoms with E-state index in [1.165, 1.54) is 32.1 Å². The second-order valence-corrected chi connectivity index (χ2v) is 8.43. The molecule has 6 nitrogen and oxygen atoms in total. The largest absolute Gasteiger partial charge is 0.362 e. The fourth-order valence-corrected chi connectivity index (χ4v) is 4.20. The molecule has 2 aliphatic heterocycles. The van der Waals surface area contributed by atoms with E-state index < -0.39 is 0 Å². The van der Waals surface area contributed by atoms with Crippen LogP contribution in [0.15, 0.2) is 6.07 Å². The Morgan fingerprint density at radius 1 is 1.15 bits per heavy atom. The number of piperidine rings is 2. The highest BCUT2D eigenvalue weighted by atomic mass is 32.1. The molecule has 2 fully saturated rings. The van der Waals surface area contributed by atoms with Crippen LogP contribution in [0.3, 0.4) is 0 Å². The van der Waals surface area contributed by atoms with E-state index in [-0.39, 0.29) is 0 Å². The van der Waals surface area contributed by atoms with Crippen molar-refractivity contribution in [1.29, 1.82) is 0 Å². The number of anilines is 3. The van der Waals surface area contributed by atoms with Gasteiger partial charge in [-0.25, -0.2) is 0 Å². The summed E-state index contributed by atoms with van der Waals surface area (Å²) >= 11 is 5.41. The van der Waals surface area contributed by atoms with E-state index in [0.29, 0.717) is 23.0 Å². The standard InChI is InChI=1S/C20H34N6S/c1-4-10-21-20(27)24-19-22-17(25-11-7-8-15(2)14-25)13-18(23-19)26-12-6-5-9-16(26)3/h13,15-16H,4-12,14H2,1-3H3,(H2,21,22,23,24,27). The summed E-state index contributed by atoms with van der Waals surface area (Å²) in [7, 11) is 0. The van der Waals surface area contributed by atoms with Crippen LogP contribution in [0.5, 0.6) is 0 Å². The van der Waals surface area contributed by atoms with Crippen LogP contribution in [0, 0.1) is 5.92 Å². The quantitative estimate of drug-likeness (QED) is 0.742. The molecule has 1 aromatic rings. The molecule has 2 N–H and O–H groups in total. The van der Waals surface area contributed by atoms with Crippen molar-refractivity contribution in [3.05, 3.63) is 6.07 Å². The molecule has 1 aromatic heterocycles. The Morgan fingerprint density at radius 2 is 1.96 bits per heavy atom. The summed E-state index contributed by atoms with van der Waals surface area (Å²) in [6, 6.07) is 2.69. The van der Waals surface area contributed by atoms with Crippen LogP contribution >= 0.6 is 12.2 Å². The van der Waals surface area contributed by atoms with Crippen LogP contribution in [0.2, 0.25) is 0 Å². The van der Waals surface area contributed by atoms with Crippen molar-refractivity contribution >= 4 is 34.9 Å².